The third-order valence-electron chi connectivity index (χ3n) is 3.43. The predicted molar refractivity (Wildman–Crippen MR) is 55.8 cm³/mol. The molecule has 1 fully saturated rings. The Bertz CT molecular complexity index is 486. The van der Waals surface area contributed by atoms with Gasteiger partial charge in [0, 0.05) is 18.0 Å². The minimum Gasteiger partial charge on any atom is -0.490 e. The molecule has 0 radical (unpaired) electrons. The van der Waals surface area contributed by atoms with E-state index in [1.54, 1.807) is 0 Å². The highest BCUT2D eigenvalue weighted by atomic mass is 19.4. The van der Waals surface area contributed by atoms with Crippen molar-refractivity contribution in [2.24, 2.45) is 0 Å². The summed E-state index contributed by atoms with van der Waals surface area (Å²) in [5, 5.41) is 3.16. The molecule has 2 unspecified atom stereocenters. The van der Waals surface area contributed by atoms with Gasteiger partial charge in [0.2, 0.25) is 0 Å². The third-order valence-corrected chi connectivity index (χ3v) is 3.43. The summed E-state index contributed by atoms with van der Waals surface area (Å²) in [6.45, 7) is 0.734. The summed E-state index contributed by atoms with van der Waals surface area (Å²) in [6, 6.07) is 1.61. The SMILES string of the molecule is Fc1cc2c(cc1C(F)(F)F)OC1CCNC2C1. The quantitative estimate of drug-likeness (QED) is 0.725. The summed E-state index contributed by atoms with van der Waals surface area (Å²) >= 11 is 0. The summed E-state index contributed by atoms with van der Waals surface area (Å²) in [4.78, 5) is 0. The van der Waals surface area contributed by atoms with Crippen LogP contribution in [0.25, 0.3) is 0 Å². The van der Waals surface area contributed by atoms with Crippen LogP contribution < -0.4 is 10.1 Å². The van der Waals surface area contributed by atoms with Gasteiger partial charge in [-0.3, -0.25) is 0 Å². The molecular weight excluding hydrogens is 250 g/mol. The van der Waals surface area contributed by atoms with Gasteiger partial charge in [0.25, 0.3) is 0 Å². The molecule has 1 N–H and O–H groups in total. The fraction of sp³-hybridized carbons (Fsp3) is 0.500. The Labute approximate surface area is 101 Å². The Balaban J connectivity index is 2.08. The second-order valence-corrected chi connectivity index (χ2v) is 4.64. The number of benzene rings is 1. The van der Waals surface area contributed by atoms with Crippen molar-refractivity contribution in [1.29, 1.82) is 0 Å². The zero-order valence-electron chi connectivity index (χ0n) is 9.35. The van der Waals surface area contributed by atoms with Crippen molar-refractivity contribution in [2.75, 3.05) is 6.54 Å². The zero-order valence-corrected chi connectivity index (χ0v) is 9.35. The summed E-state index contributed by atoms with van der Waals surface area (Å²) < 4.78 is 56.8. The molecule has 2 heterocycles. The molecule has 0 aromatic heterocycles. The highest BCUT2D eigenvalue weighted by Crippen LogP contribution is 2.42. The Morgan fingerprint density at radius 1 is 1.28 bits per heavy atom. The highest BCUT2D eigenvalue weighted by Gasteiger charge is 2.38. The molecule has 2 aliphatic rings. The Morgan fingerprint density at radius 2 is 2.06 bits per heavy atom. The lowest BCUT2D eigenvalue weighted by molar-refractivity contribution is -0.140. The fourth-order valence-corrected chi connectivity index (χ4v) is 2.57. The van der Waals surface area contributed by atoms with Crippen molar-refractivity contribution in [3.8, 4) is 5.75 Å². The first-order valence-corrected chi connectivity index (χ1v) is 5.76. The van der Waals surface area contributed by atoms with Crippen LogP contribution in [0.15, 0.2) is 12.1 Å². The van der Waals surface area contributed by atoms with Crippen molar-refractivity contribution in [2.45, 2.75) is 31.2 Å². The number of alkyl halides is 3. The maximum Gasteiger partial charge on any atom is 0.419 e. The first-order chi connectivity index (χ1) is 8.45. The van der Waals surface area contributed by atoms with E-state index in [0.717, 1.165) is 25.1 Å². The fourth-order valence-electron chi connectivity index (χ4n) is 2.57. The van der Waals surface area contributed by atoms with Gasteiger partial charge in [0.15, 0.2) is 0 Å². The molecule has 0 aliphatic carbocycles. The van der Waals surface area contributed by atoms with E-state index in [0.29, 0.717) is 12.0 Å². The molecule has 0 spiro atoms. The van der Waals surface area contributed by atoms with Crippen LogP contribution in [-0.4, -0.2) is 12.6 Å². The van der Waals surface area contributed by atoms with Crippen LogP contribution in [0.3, 0.4) is 0 Å². The second-order valence-electron chi connectivity index (χ2n) is 4.64. The standard InChI is InChI=1S/C12H11F4NO/c13-9-4-7-10-3-6(1-2-17-10)18-11(7)5-8(9)12(14,15)16/h4-6,10,17H,1-3H2. The molecule has 2 aliphatic heterocycles. The molecule has 3 rings (SSSR count). The van der Waals surface area contributed by atoms with Gasteiger partial charge < -0.3 is 10.1 Å². The lowest BCUT2D eigenvalue weighted by Gasteiger charge is -2.37. The van der Waals surface area contributed by atoms with E-state index in [2.05, 4.69) is 5.32 Å². The van der Waals surface area contributed by atoms with Crippen LogP contribution in [-0.2, 0) is 6.18 Å². The normalized spacial score (nSPS) is 26.4. The molecule has 2 nitrogen and oxygen atoms in total. The van der Waals surface area contributed by atoms with Gasteiger partial charge in [-0.15, -0.1) is 0 Å². The first kappa shape index (κ1) is 11.8. The molecule has 98 valence electrons. The van der Waals surface area contributed by atoms with Crippen molar-refractivity contribution in [3.63, 3.8) is 0 Å². The summed E-state index contributed by atoms with van der Waals surface area (Å²) in [5.74, 6) is -1.09. The van der Waals surface area contributed by atoms with Crippen LogP contribution in [0.2, 0.25) is 0 Å². The number of piperidine rings is 1. The number of rotatable bonds is 0. The van der Waals surface area contributed by atoms with Crippen molar-refractivity contribution < 1.29 is 22.3 Å². The van der Waals surface area contributed by atoms with Crippen molar-refractivity contribution in [1.82, 2.24) is 5.32 Å². The molecule has 18 heavy (non-hydrogen) atoms. The first-order valence-electron chi connectivity index (χ1n) is 5.76. The third kappa shape index (κ3) is 1.84. The predicted octanol–water partition coefficient (Wildman–Crippen LogP) is 3.03. The van der Waals surface area contributed by atoms with E-state index >= 15 is 0 Å². The molecule has 0 amide bonds. The number of halogens is 4. The van der Waals surface area contributed by atoms with E-state index in [9.17, 15) is 17.6 Å². The minimum absolute atomic E-state index is 0.0738. The van der Waals surface area contributed by atoms with Crippen molar-refractivity contribution in [3.05, 3.63) is 29.1 Å². The van der Waals surface area contributed by atoms with Crippen LogP contribution in [0.4, 0.5) is 17.6 Å². The zero-order chi connectivity index (χ0) is 12.9. The van der Waals surface area contributed by atoms with Crippen LogP contribution in [0.1, 0.15) is 30.0 Å². The lowest BCUT2D eigenvalue weighted by atomic mass is 9.91. The smallest absolute Gasteiger partial charge is 0.419 e. The molecule has 0 saturated carbocycles. The molecule has 6 heteroatoms. The monoisotopic (exact) mass is 261 g/mol. The van der Waals surface area contributed by atoms with E-state index in [4.69, 9.17) is 4.74 Å². The molecular formula is C12H11F4NO. The van der Waals surface area contributed by atoms with E-state index in [1.165, 1.54) is 0 Å². The highest BCUT2D eigenvalue weighted by molar-refractivity contribution is 5.43. The molecule has 1 aromatic carbocycles. The Morgan fingerprint density at radius 3 is 2.78 bits per heavy atom. The lowest BCUT2D eigenvalue weighted by Crippen LogP contribution is -2.40. The largest absolute Gasteiger partial charge is 0.490 e. The molecule has 2 atom stereocenters. The van der Waals surface area contributed by atoms with Gasteiger partial charge in [-0.25, -0.2) is 4.39 Å². The molecule has 1 saturated heterocycles. The van der Waals surface area contributed by atoms with E-state index in [1.807, 2.05) is 0 Å². The van der Waals surface area contributed by atoms with E-state index < -0.39 is 17.6 Å². The maximum atomic E-state index is 13.5. The van der Waals surface area contributed by atoms with Crippen molar-refractivity contribution >= 4 is 0 Å². The second kappa shape index (κ2) is 3.85. The van der Waals surface area contributed by atoms with Gasteiger partial charge in [0.1, 0.15) is 17.7 Å². The Kier molecular flexibility index (Phi) is 2.52. The maximum absolute atomic E-state index is 13.5. The molecule has 1 aromatic rings. The van der Waals surface area contributed by atoms with Gasteiger partial charge in [0.05, 0.1) is 5.56 Å². The van der Waals surface area contributed by atoms with Gasteiger partial charge in [-0.2, -0.15) is 13.2 Å². The summed E-state index contributed by atoms with van der Waals surface area (Å²) in [6.07, 6.45) is -3.33. The Hall–Kier alpha value is -1.30. The van der Waals surface area contributed by atoms with E-state index in [-0.39, 0.29) is 17.9 Å². The van der Waals surface area contributed by atoms with Crippen LogP contribution in [0, 0.1) is 5.82 Å². The average molecular weight is 261 g/mol. The average Bonchev–Trinajstić information content (AvgIpc) is 2.29. The van der Waals surface area contributed by atoms with Crippen LogP contribution in [0.5, 0.6) is 5.75 Å². The number of hydrogen-bond donors (Lipinski definition) is 1. The summed E-state index contributed by atoms with van der Waals surface area (Å²) in [5.41, 5.74) is -0.780. The number of fused-ring (bicyclic) bond motifs is 4. The number of nitrogens with one attached hydrogen (secondary N) is 1. The van der Waals surface area contributed by atoms with Crippen LogP contribution >= 0.6 is 0 Å². The van der Waals surface area contributed by atoms with Gasteiger partial charge >= 0.3 is 6.18 Å². The van der Waals surface area contributed by atoms with Gasteiger partial charge in [-0.1, -0.05) is 0 Å². The summed E-state index contributed by atoms with van der Waals surface area (Å²) in [7, 11) is 0. The number of hydrogen-bond acceptors (Lipinski definition) is 2. The topological polar surface area (TPSA) is 21.3 Å². The van der Waals surface area contributed by atoms with Gasteiger partial charge in [-0.05, 0) is 25.1 Å². The minimum atomic E-state index is -4.69. The number of ether oxygens (including phenoxy) is 1. The molecule has 2 bridgehead atoms.